The molecule has 2 aromatic heterocycles. The number of halogens is 1. The van der Waals surface area contributed by atoms with Gasteiger partial charge in [0.05, 0.1) is 30.2 Å². The maximum atomic E-state index is 13.2. The second-order valence-electron chi connectivity index (χ2n) is 8.82. The molecule has 1 fully saturated rings. The molecule has 0 radical (unpaired) electrons. The number of benzene rings is 2. The Morgan fingerprint density at radius 1 is 1.02 bits per heavy atom. The number of thioether (sulfide) groups is 1. The van der Waals surface area contributed by atoms with Crippen LogP contribution in [0.1, 0.15) is 20.8 Å². The van der Waals surface area contributed by atoms with Crippen molar-refractivity contribution in [3.05, 3.63) is 83.3 Å². The van der Waals surface area contributed by atoms with Crippen LogP contribution in [0.15, 0.2) is 67.0 Å². The lowest BCUT2D eigenvalue weighted by atomic mass is 10.1. The van der Waals surface area contributed by atoms with Crippen molar-refractivity contribution in [3.63, 3.8) is 0 Å². The molecule has 0 saturated carbocycles. The lowest BCUT2D eigenvalue weighted by Crippen LogP contribution is -2.38. The molecule has 40 heavy (non-hydrogen) atoms. The quantitative estimate of drug-likeness (QED) is 0.269. The second-order valence-corrected chi connectivity index (χ2v) is 10.4. The van der Waals surface area contributed by atoms with Gasteiger partial charge in [0, 0.05) is 49.6 Å². The van der Waals surface area contributed by atoms with Crippen molar-refractivity contribution >= 4 is 58.3 Å². The maximum Gasteiger partial charge on any atom is 0.270 e. The molecule has 4 aromatic rings. The minimum atomic E-state index is -0.237. The fourth-order valence-corrected chi connectivity index (χ4v) is 5.37. The van der Waals surface area contributed by atoms with Gasteiger partial charge in [-0.3, -0.25) is 9.59 Å². The van der Waals surface area contributed by atoms with Crippen molar-refractivity contribution in [1.29, 1.82) is 0 Å². The molecule has 2 amide bonds. The summed E-state index contributed by atoms with van der Waals surface area (Å²) in [5.74, 6) is 2.82. The summed E-state index contributed by atoms with van der Waals surface area (Å²) in [5, 5.41) is 9.22. The summed E-state index contributed by atoms with van der Waals surface area (Å²) in [7, 11) is 3.14. The summed E-state index contributed by atoms with van der Waals surface area (Å²) in [6.07, 6.45) is 3.34. The van der Waals surface area contributed by atoms with Gasteiger partial charge in [-0.15, -0.1) is 0 Å². The van der Waals surface area contributed by atoms with E-state index in [9.17, 15) is 9.59 Å². The molecule has 0 bridgehead atoms. The number of hydrogen-bond acceptors (Lipinski definition) is 8. The van der Waals surface area contributed by atoms with E-state index in [1.54, 1.807) is 32.4 Å². The molecule has 3 N–H and O–H groups in total. The molecule has 1 aliphatic heterocycles. The Hall–Kier alpha value is -4.22. The van der Waals surface area contributed by atoms with Gasteiger partial charge in [-0.05, 0) is 36.4 Å². The van der Waals surface area contributed by atoms with E-state index in [1.165, 1.54) is 6.20 Å². The van der Waals surface area contributed by atoms with Crippen LogP contribution in [0.2, 0.25) is 5.02 Å². The minimum absolute atomic E-state index is 0.0130. The Kier molecular flexibility index (Phi) is 8.42. The monoisotopic (exact) mass is 577 g/mol. The number of carbonyl (C=O) groups excluding carboxylic acids is 2. The van der Waals surface area contributed by atoms with E-state index in [-0.39, 0.29) is 22.8 Å². The third-order valence-electron chi connectivity index (χ3n) is 6.37. The van der Waals surface area contributed by atoms with Gasteiger partial charge in [0.25, 0.3) is 11.8 Å². The van der Waals surface area contributed by atoms with Crippen LogP contribution in [0.3, 0.4) is 0 Å². The Bertz CT molecular complexity index is 1540. The van der Waals surface area contributed by atoms with Crippen LogP contribution >= 0.6 is 23.4 Å². The largest absolute Gasteiger partial charge is 0.494 e. The molecule has 1 saturated heterocycles. The number of nitrogens with zero attached hydrogens (tertiary/aromatic N) is 4. The zero-order valence-electron chi connectivity index (χ0n) is 22.0. The van der Waals surface area contributed by atoms with E-state index in [2.05, 4.69) is 25.9 Å². The number of nitrogens with one attached hydrogen (secondary N) is 3. The molecule has 0 aliphatic carbocycles. The summed E-state index contributed by atoms with van der Waals surface area (Å²) in [4.78, 5) is 36.2. The molecule has 0 spiro atoms. The number of amides is 2. The molecule has 1 aliphatic rings. The van der Waals surface area contributed by atoms with Gasteiger partial charge >= 0.3 is 0 Å². The zero-order valence-corrected chi connectivity index (χ0v) is 23.6. The van der Waals surface area contributed by atoms with Gasteiger partial charge in [-0.1, -0.05) is 23.7 Å². The topological polar surface area (TPSA) is 113 Å². The number of para-hydroxylation sites is 1. The first-order valence-corrected chi connectivity index (χ1v) is 14.1. The second kappa shape index (κ2) is 12.3. The molecular formula is C28H28ClN7O3S. The summed E-state index contributed by atoms with van der Waals surface area (Å²) >= 11 is 8.24. The SMILES string of the molecule is CNC(=O)c1ccccc1Nc1nc(Nc2ccc(-n3cccc3C(=O)N3CCSCC3)cc2OC)ncc1Cl. The summed E-state index contributed by atoms with van der Waals surface area (Å²) in [6.45, 7) is 1.49. The highest BCUT2D eigenvalue weighted by Gasteiger charge is 2.22. The van der Waals surface area contributed by atoms with Crippen LogP contribution in [-0.2, 0) is 0 Å². The first-order chi connectivity index (χ1) is 19.5. The van der Waals surface area contributed by atoms with Crippen molar-refractivity contribution < 1.29 is 14.3 Å². The highest BCUT2D eigenvalue weighted by atomic mass is 35.5. The number of carbonyl (C=O) groups is 2. The van der Waals surface area contributed by atoms with Gasteiger partial charge in [-0.2, -0.15) is 16.7 Å². The average molecular weight is 578 g/mol. The molecule has 3 heterocycles. The third-order valence-corrected chi connectivity index (χ3v) is 7.59. The number of rotatable bonds is 8. The van der Waals surface area contributed by atoms with Crippen LogP contribution in [0.25, 0.3) is 5.69 Å². The smallest absolute Gasteiger partial charge is 0.270 e. The number of aromatic nitrogens is 3. The zero-order chi connectivity index (χ0) is 28.1. The Labute approximate surface area is 241 Å². The Balaban J connectivity index is 1.38. The van der Waals surface area contributed by atoms with Crippen LogP contribution < -0.4 is 20.7 Å². The molecule has 206 valence electrons. The van der Waals surface area contributed by atoms with E-state index < -0.39 is 0 Å². The average Bonchev–Trinajstić information content (AvgIpc) is 3.49. The van der Waals surface area contributed by atoms with E-state index >= 15 is 0 Å². The van der Waals surface area contributed by atoms with Gasteiger partial charge < -0.3 is 30.2 Å². The maximum absolute atomic E-state index is 13.2. The van der Waals surface area contributed by atoms with E-state index in [4.69, 9.17) is 16.3 Å². The molecular weight excluding hydrogens is 550 g/mol. The number of anilines is 4. The highest BCUT2D eigenvalue weighted by molar-refractivity contribution is 7.99. The molecule has 12 heteroatoms. The van der Waals surface area contributed by atoms with Crippen molar-refractivity contribution in [2.75, 3.05) is 49.4 Å². The van der Waals surface area contributed by atoms with Gasteiger partial charge in [0.1, 0.15) is 16.5 Å². The van der Waals surface area contributed by atoms with E-state index in [0.29, 0.717) is 34.2 Å². The van der Waals surface area contributed by atoms with E-state index in [0.717, 1.165) is 30.3 Å². The van der Waals surface area contributed by atoms with Gasteiger partial charge in [0.15, 0.2) is 5.82 Å². The van der Waals surface area contributed by atoms with Crippen LogP contribution in [0, 0.1) is 0 Å². The molecule has 0 unspecified atom stereocenters. The minimum Gasteiger partial charge on any atom is -0.494 e. The molecule has 10 nitrogen and oxygen atoms in total. The normalized spacial score (nSPS) is 13.0. The summed E-state index contributed by atoms with van der Waals surface area (Å²) in [6, 6.07) is 16.3. The number of ether oxygens (including phenoxy) is 1. The molecule has 0 atom stereocenters. The highest BCUT2D eigenvalue weighted by Crippen LogP contribution is 2.32. The predicted molar refractivity (Wildman–Crippen MR) is 159 cm³/mol. The van der Waals surface area contributed by atoms with Crippen LogP contribution in [-0.4, -0.2) is 70.0 Å². The molecule has 2 aromatic carbocycles. The van der Waals surface area contributed by atoms with Gasteiger partial charge in [0.2, 0.25) is 5.95 Å². The Morgan fingerprint density at radius 3 is 2.60 bits per heavy atom. The molecule has 5 rings (SSSR count). The van der Waals surface area contributed by atoms with Crippen LogP contribution in [0.4, 0.5) is 23.1 Å². The fourth-order valence-electron chi connectivity index (χ4n) is 4.33. The van der Waals surface area contributed by atoms with Crippen molar-refractivity contribution in [2.45, 2.75) is 0 Å². The summed E-state index contributed by atoms with van der Waals surface area (Å²) < 4.78 is 7.52. The fraction of sp³-hybridized carbons (Fsp3) is 0.214. The Morgan fingerprint density at radius 2 is 1.82 bits per heavy atom. The van der Waals surface area contributed by atoms with Crippen molar-refractivity contribution in [1.82, 2.24) is 24.8 Å². The van der Waals surface area contributed by atoms with E-state index in [1.807, 2.05) is 63.8 Å². The van der Waals surface area contributed by atoms with Crippen LogP contribution in [0.5, 0.6) is 5.75 Å². The predicted octanol–water partition coefficient (Wildman–Crippen LogP) is 4.97. The number of methoxy groups -OCH3 is 1. The lowest BCUT2D eigenvalue weighted by Gasteiger charge is -2.27. The number of hydrogen-bond donors (Lipinski definition) is 3. The first-order valence-electron chi connectivity index (χ1n) is 12.6. The third kappa shape index (κ3) is 5.85. The van der Waals surface area contributed by atoms with Crippen molar-refractivity contribution in [3.8, 4) is 11.4 Å². The lowest BCUT2D eigenvalue weighted by molar-refractivity contribution is 0.0764. The van der Waals surface area contributed by atoms with Crippen molar-refractivity contribution in [2.24, 2.45) is 0 Å². The van der Waals surface area contributed by atoms with Gasteiger partial charge in [-0.25, -0.2) is 4.98 Å². The first kappa shape index (κ1) is 27.4. The standard InChI is InChI=1S/C28H28ClN7O3S/c1-30-26(37)19-6-3-4-7-21(19)32-25-20(29)17-31-28(34-25)33-22-10-9-18(16-24(22)39-2)36-11-5-8-23(36)27(38)35-12-14-40-15-13-35/h3-11,16-17H,12-15H2,1-2H3,(H,30,37)(H2,31,32,33,34). The summed E-state index contributed by atoms with van der Waals surface area (Å²) in [5.41, 5.74) is 3.01.